The fourth-order valence-electron chi connectivity index (χ4n) is 1.31. The van der Waals surface area contributed by atoms with E-state index < -0.39 is 17.6 Å². The van der Waals surface area contributed by atoms with Crippen LogP contribution in [0.15, 0.2) is 18.2 Å². The van der Waals surface area contributed by atoms with Crippen molar-refractivity contribution in [3.63, 3.8) is 0 Å². The molecule has 0 aliphatic carbocycles. The lowest BCUT2D eigenvalue weighted by Crippen LogP contribution is -2.25. The van der Waals surface area contributed by atoms with Gasteiger partial charge in [0.25, 0.3) is 0 Å². The number of hydrogen-bond donors (Lipinski definition) is 1. The number of benzene rings is 1. The standard InChI is InChI=1S/C12H12ClFN2O/c1-7(2)9(6-15)12(17)16-11-4-3-8(14)5-10(11)13/h3-5,7,9H,1-2H3,(H,16,17). The molecule has 0 bridgehead atoms. The third-order valence-corrected chi connectivity index (χ3v) is 2.59. The number of anilines is 1. The van der Waals surface area contributed by atoms with Crippen molar-refractivity contribution in [2.45, 2.75) is 13.8 Å². The van der Waals surface area contributed by atoms with Gasteiger partial charge in [-0.25, -0.2) is 4.39 Å². The van der Waals surface area contributed by atoms with Crippen molar-refractivity contribution >= 4 is 23.2 Å². The van der Waals surface area contributed by atoms with Gasteiger partial charge in [0, 0.05) is 0 Å². The summed E-state index contributed by atoms with van der Waals surface area (Å²) in [4.78, 5) is 11.7. The predicted octanol–water partition coefficient (Wildman–Crippen LogP) is 3.21. The Morgan fingerprint density at radius 3 is 2.65 bits per heavy atom. The minimum atomic E-state index is -0.754. The molecule has 17 heavy (non-hydrogen) atoms. The van der Waals surface area contributed by atoms with Gasteiger partial charge in [-0.05, 0) is 24.1 Å². The fourth-order valence-corrected chi connectivity index (χ4v) is 1.53. The highest BCUT2D eigenvalue weighted by atomic mass is 35.5. The maximum Gasteiger partial charge on any atom is 0.242 e. The molecule has 0 aliphatic heterocycles. The average Bonchev–Trinajstić information content (AvgIpc) is 2.22. The molecule has 0 saturated heterocycles. The second kappa shape index (κ2) is 5.65. The van der Waals surface area contributed by atoms with Gasteiger partial charge in [0.05, 0.1) is 16.8 Å². The maximum atomic E-state index is 12.8. The van der Waals surface area contributed by atoms with Crippen LogP contribution in [0.5, 0.6) is 0 Å². The predicted molar refractivity (Wildman–Crippen MR) is 64.0 cm³/mol. The first-order valence-corrected chi connectivity index (χ1v) is 5.49. The van der Waals surface area contributed by atoms with Crippen molar-refractivity contribution in [2.24, 2.45) is 11.8 Å². The zero-order valence-electron chi connectivity index (χ0n) is 9.50. The number of rotatable bonds is 3. The molecule has 1 unspecified atom stereocenters. The molecule has 1 aromatic rings. The highest BCUT2D eigenvalue weighted by Gasteiger charge is 2.22. The van der Waals surface area contributed by atoms with Crippen molar-refractivity contribution < 1.29 is 9.18 Å². The monoisotopic (exact) mass is 254 g/mol. The smallest absolute Gasteiger partial charge is 0.242 e. The second-order valence-electron chi connectivity index (χ2n) is 3.96. The Labute approximate surface area is 104 Å². The highest BCUT2D eigenvalue weighted by molar-refractivity contribution is 6.33. The topological polar surface area (TPSA) is 52.9 Å². The van der Waals surface area contributed by atoms with E-state index in [2.05, 4.69) is 5.32 Å². The van der Waals surface area contributed by atoms with Gasteiger partial charge in [-0.1, -0.05) is 25.4 Å². The molecule has 1 aromatic carbocycles. The van der Waals surface area contributed by atoms with E-state index in [0.29, 0.717) is 5.69 Å². The number of amides is 1. The molecule has 1 amide bonds. The lowest BCUT2D eigenvalue weighted by molar-refractivity contribution is -0.119. The van der Waals surface area contributed by atoms with Crippen LogP contribution in [0.25, 0.3) is 0 Å². The van der Waals surface area contributed by atoms with Gasteiger partial charge in [0.15, 0.2) is 0 Å². The van der Waals surface area contributed by atoms with Crippen molar-refractivity contribution in [1.29, 1.82) is 5.26 Å². The van der Waals surface area contributed by atoms with E-state index in [1.165, 1.54) is 12.1 Å². The molecule has 0 radical (unpaired) electrons. The SMILES string of the molecule is CC(C)C(C#N)C(=O)Nc1ccc(F)cc1Cl. The van der Waals surface area contributed by atoms with Crippen LogP contribution < -0.4 is 5.32 Å². The molecule has 0 aromatic heterocycles. The summed E-state index contributed by atoms with van der Waals surface area (Å²) in [6, 6.07) is 5.59. The number of nitrogens with zero attached hydrogens (tertiary/aromatic N) is 1. The van der Waals surface area contributed by atoms with E-state index in [0.717, 1.165) is 6.07 Å². The Hall–Kier alpha value is -1.60. The van der Waals surface area contributed by atoms with Crippen LogP contribution in [0.4, 0.5) is 10.1 Å². The maximum absolute atomic E-state index is 12.8. The molecule has 0 saturated carbocycles. The van der Waals surface area contributed by atoms with Crippen LogP contribution in [0.2, 0.25) is 5.02 Å². The van der Waals surface area contributed by atoms with Gasteiger partial charge in [0.1, 0.15) is 11.7 Å². The average molecular weight is 255 g/mol. The highest BCUT2D eigenvalue weighted by Crippen LogP contribution is 2.23. The van der Waals surface area contributed by atoms with Crippen molar-refractivity contribution in [2.75, 3.05) is 5.32 Å². The quantitative estimate of drug-likeness (QED) is 0.900. The van der Waals surface area contributed by atoms with Crippen LogP contribution in [-0.4, -0.2) is 5.91 Å². The lowest BCUT2D eigenvalue weighted by atomic mass is 9.96. The molecular weight excluding hydrogens is 243 g/mol. The van der Waals surface area contributed by atoms with Gasteiger partial charge >= 0.3 is 0 Å². The largest absolute Gasteiger partial charge is 0.324 e. The van der Waals surface area contributed by atoms with E-state index in [1.807, 2.05) is 6.07 Å². The zero-order valence-corrected chi connectivity index (χ0v) is 10.3. The summed E-state index contributed by atoms with van der Waals surface area (Å²) in [5.41, 5.74) is 0.305. The third-order valence-electron chi connectivity index (χ3n) is 2.28. The Bertz CT molecular complexity index is 468. The van der Waals surface area contributed by atoms with E-state index in [-0.39, 0.29) is 10.9 Å². The molecule has 1 rings (SSSR count). The van der Waals surface area contributed by atoms with Gasteiger partial charge in [0.2, 0.25) is 5.91 Å². The van der Waals surface area contributed by atoms with E-state index in [1.54, 1.807) is 13.8 Å². The number of nitrogens with one attached hydrogen (secondary N) is 1. The molecular formula is C12H12ClFN2O. The summed E-state index contributed by atoms with van der Waals surface area (Å²) in [7, 11) is 0. The first-order valence-electron chi connectivity index (χ1n) is 5.11. The number of nitriles is 1. The van der Waals surface area contributed by atoms with E-state index in [4.69, 9.17) is 16.9 Å². The molecule has 3 nitrogen and oxygen atoms in total. The van der Waals surface area contributed by atoms with Crippen LogP contribution in [0.1, 0.15) is 13.8 Å². The first kappa shape index (κ1) is 13.5. The van der Waals surface area contributed by atoms with Crippen LogP contribution in [0.3, 0.4) is 0 Å². The van der Waals surface area contributed by atoms with E-state index in [9.17, 15) is 9.18 Å². The molecule has 0 spiro atoms. The first-order chi connectivity index (χ1) is 7.95. The summed E-state index contributed by atoms with van der Waals surface area (Å²) in [5, 5.41) is 11.5. The normalized spacial score (nSPS) is 12.0. The zero-order chi connectivity index (χ0) is 13.0. The number of halogens is 2. The minimum Gasteiger partial charge on any atom is -0.324 e. The van der Waals surface area contributed by atoms with Gasteiger partial charge < -0.3 is 5.32 Å². The van der Waals surface area contributed by atoms with Crippen molar-refractivity contribution in [3.8, 4) is 6.07 Å². The van der Waals surface area contributed by atoms with Crippen LogP contribution in [0, 0.1) is 29.0 Å². The van der Waals surface area contributed by atoms with Crippen molar-refractivity contribution in [3.05, 3.63) is 29.0 Å². The Morgan fingerprint density at radius 2 is 2.18 bits per heavy atom. The molecule has 0 heterocycles. The van der Waals surface area contributed by atoms with Crippen LogP contribution in [-0.2, 0) is 4.79 Å². The summed E-state index contributed by atoms with van der Waals surface area (Å²) < 4.78 is 12.8. The Balaban J connectivity index is 2.85. The molecule has 0 aliphatic rings. The van der Waals surface area contributed by atoms with Crippen molar-refractivity contribution in [1.82, 2.24) is 0 Å². The summed E-state index contributed by atoms with van der Waals surface area (Å²) >= 11 is 5.76. The lowest BCUT2D eigenvalue weighted by Gasteiger charge is -2.13. The number of carbonyl (C=O) groups is 1. The van der Waals surface area contributed by atoms with Gasteiger partial charge in [-0.15, -0.1) is 0 Å². The number of carbonyl (C=O) groups excluding carboxylic acids is 1. The number of hydrogen-bond acceptors (Lipinski definition) is 2. The fraction of sp³-hybridized carbons (Fsp3) is 0.333. The van der Waals surface area contributed by atoms with Crippen LogP contribution >= 0.6 is 11.6 Å². The summed E-state index contributed by atoms with van der Waals surface area (Å²) in [6.45, 7) is 3.56. The molecule has 5 heteroatoms. The van der Waals surface area contributed by atoms with Gasteiger partial charge in [-0.3, -0.25) is 4.79 Å². The Kier molecular flexibility index (Phi) is 4.47. The summed E-state index contributed by atoms with van der Waals surface area (Å²) in [6.07, 6.45) is 0. The van der Waals surface area contributed by atoms with E-state index >= 15 is 0 Å². The molecule has 1 N–H and O–H groups in total. The molecule has 0 fully saturated rings. The van der Waals surface area contributed by atoms with Gasteiger partial charge in [-0.2, -0.15) is 5.26 Å². The Morgan fingerprint density at radius 1 is 1.53 bits per heavy atom. The third kappa shape index (κ3) is 3.43. The summed E-state index contributed by atoms with van der Waals surface area (Å²) in [5.74, 6) is -1.76. The molecule has 1 atom stereocenters. The molecule has 90 valence electrons. The second-order valence-corrected chi connectivity index (χ2v) is 4.37. The minimum absolute atomic E-state index is 0.0979.